The third kappa shape index (κ3) is 5.26. The second-order valence-electron chi connectivity index (χ2n) is 6.37. The van der Waals surface area contributed by atoms with Crippen molar-refractivity contribution in [2.24, 2.45) is 13.0 Å². The Kier molecular flexibility index (Phi) is 7.11. The summed E-state index contributed by atoms with van der Waals surface area (Å²) in [6.07, 6.45) is 1.68. The summed E-state index contributed by atoms with van der Waals surface area (Å²) < 4.78 is 29.1. The van der Waals surface area contributed by atoms with Crippen LogP contribution in [-0.4, -0.2) is 30.8 Å². The summed E-state index contributed by atoms with van der Waals surface area (Å²) in [4.78, 5) is 24.4. The van der Waals surface area contributed by atoms with Gasteiger partial charge in [-0.1, -0.05) is 37.0 Å². The topological polar surface area (TPSA) is 109 Å². The van der Waals surface area contributed by atoms with Gasteiger partial charge < -0.3 is 4.57 Å². The molecule has 3 N–H and O–H groups in total. The predicted molar refractivity (Wildman–Crippen MR) is 106 cm³/mol. The Balaban J connectivity index is 2.11. The Morgan fingerprint density at radius 3 is 2.29 bits per heavy atom. The van der Waals surface area contributed by atoms with Crippen LogP contribution in [0, 0.1) is 5.92 Å². The van der Waals surface area contributed by atoms with E-state index in [1.807, 2.05) is 0 Å². The molecule has 0 saturated carbocycles. The number of sulfonamides is 1. The number of benzene rings is 1. The monoisotopic (exact) mass is 446 g/mol. The van der Waals surface area contributed by atoms with Gasteiger partial charge in [0.25, 0.3) is 11.8 Å². The summed E-state index contributed by atoms with van der Waals surface area (Å²) in [5.41, 5.74) is 4.85. The van der Waals surface area contributed by atoms with Gasteiger partial charge in [-0.2, -0.15) is 4.72 Å². The van der Waals surface area contributed by atoms with E-state index in [2.05, 4.69) is 15.6 Å². The van der Waals surface area contributed by atoms with Gasteiger partial charge in [0.05, 0.1) is 14.9 Å². The summed E-state index contributed by atoms with van der Waals surface area (Å²) >= 11 is 11.7. The van der Waals surface area contributed by atoms with Gasteiger partial charge in [0.15, 0.2) is 0 Å². The van der Waals surface area contributed by atoms with Gasteiger partial charge in [-0.3, -0.25) is 20.4 Å². The minimum atomic E-state index is -4.05. The number of hydrazine groups is 1. The van der Waals surface area contributed by atoms with Gasteiger partial charge in [0, 0.05) is 13.2 Å². The zero-order chi connectivity index (χ0) is 21.1. The van der Waals surface area contributed by atoms with Crippen molar-refractivity contribution in [1.82, 2.24) is 20.1 Å². The number of hydrogen-bond acceptors (Lipinski definition) is 4. The van der Waals surface area contributed by atoms with Crippen molar-refractivity contribution in [3.63, 3.8) is 0 Å². The number of rotatable bonds is 6. The summed E-state index contributed by atoms with van der Waals surface area (Å²) in [7, 11) is -2.37. The van der Waals surface area contributed by atoms with Crippen molar-refractivity contribution in [3.05, 3.63) is 52.3 Å². The molecule has 2 amide bonds. The highest BCUT2D eigenvalue weighted by Crippen LogP contribution is 2.25. The highest BCUT2D eigenvalue weighted by atomic mass is 35.5. The number of nitrogens with one attached hydrogen (secondary N) is 3. The van der Waals surface area contributed by atoms with Crippen molar-refractivity contribution in [2.45, 2.75) is 24.8 Å². The number of carbonyl (C=O) groups excluding carboxylic acids is 2. The van der Waals surface area contributed by atoms with Crippen molar-refractivity contribution < 1.29 is 18.0 Å². The van der Waals surface area contributed by atoms with E-state index >= 15 is 0 Å². The van der Waals surface area contributed by atoms with Crippen molar-refractivity contribution in [1.29, 1.82) is 0 Å². The van der Waals surface area contributed by atoms with Gasteiger partial charge in [-0.05, 0) is 36.2 Å². The fourth-order valence-electron chi connectivity index (χ4n) is 2.33. The number of amides is 2. The van der Waals surface area contributed by atoms with Gasteiger partial charge in [0.1, 0.15) is 11.7 Å². The zero-order valence-corrected chi connectivity index (χ0v) is 17.7. The molecule has 0 bridgehead atoms. The van der Waals surface area contributed by atoms with E-state index in [1.54, 1.807) is 43.8 Å². The first-order valence-corrected chi connectivity index (χ1v) is 10.5. The minimum Gasteiger partial charge on any atom is -0.347 e. The van der Waals surface area contributed by atoms with Crippen molar-refractivity contribution in [3.8, 4) is 0 Å². The minimum absolute atomic E-state index is 0.0740. The normalized spacial score (nSPS) is 12.6. The second-order valence-corrected chi connectivity index (χ2v) is 8.89. The number of hydrogen-bond donors (Lipinski definition) is 3. The van der Waals surface area contributed by atoms with E-state index in [1.165, 1.54) is 18.2 Å². The molecule has 8 nitrogen and oxygen atoms in total. The smallest absolute Gasteiger partial charge is 0.286 e. The van der Waals surface area contributed by atoms with Crippen LogP contribution in [0.15, 0.2) is 41.4 Å². The number of halogens is 2. The SMILES string of the molecule is CC(C)[C@H](NS(=O)(=O)c1ccc(Cl)c(Cl)c1)C(=O)NNC(=O)c1cccn1C. The lowest BCUT2D eigenvalue weighted by molar-refractivity contribution is -0.124. The molecule has 1 atom stereocenters. The predicted octanol–water partition coefficient (Wildman–Crippen LogP) is 2.10. The maximum absolute atomic E-state index is 12.6. The molecule has 152 valence electrons. The molecule has 0 aliphatic rings. The first-order chi connectivity index (χ1) is 13.0. The molecular weight excluding hydrogens is 427 g/mol. The van der Waals surface area contributed by atoms with Gasteiger partial charge in [-0.25, -0.2) is 8.42 Å². The van der Waals surface area contributed by atoms with Crippen LogP contribution in [0.5, 0.6) is 0 Å². The van der Waals surface area contributed by atoms with E-state index in [-0.39, 0.29) is 14.9 Å². The standard InChI is InChI=1S/C17H20Cl2N4O4S/c1-10(2)15(17(25)21-20-16(24)14-5-4-8-23(14)3)22-28(26,27)11-6-7-12(18)13(19)9-11/h4-10,15,22H,1-3H3,(H,20,24)(H,21,25)/t15-/m0/s1. The average Bonchev–Trinajstić information content (AvgIpc) is 3.05. The molecule has 0 aliphatic heterocycles. The first-order valence-electron chi connectivity index (χ1n) is 8.22. The average molecular weight is 447 g/mol. The molecule has 28 heavy (non-hydrogen) atoms. The molecule has 0 aliphatic carbocycles. The molecule has 11 heteroatoms. The molecule has 0 unspecified atom stereocenters. The quantitative estimate of drug-likeness (QED) is 0.590. The molecule has 1 heterocycles. The van der Waals surface area contributed by atoms with E-state index in [0.29, 0.717) is 5.69 Å². The zero-order valence-electron chi connectivity index (χ0n) is 15.4. The molecule has 0 saturated heterocycles. The van der Waals surface area contributed by atoms with Crippen LogP contribution in [0.25, 0.3) is 0 Å². The molecule has 0 fully saturated rings. The number of nitrogens with zero attached hydrogens (tertiary/aromatic N) is 1. The Bertz CT molecular complexity index is 989. The summed E-state index contributed by atoms with van der Waals surface area (Å²) in [5, 5.41) is 0.284. The molecular formula is C17H20Cl2N4O4S. The van der Waals surface area contributed by atoms with Gasteiger partial charge in [0.2, 0.25) is 10.0 Å². The maximum atomic E-state index is 12.6. The second kappa shape index (κ2) is 8.95. The fourth-order valence-corrected chi connectivity index (χ4v) is 4.06. The van der Waals surface area contributed by atoms with Crippen LogP contribution >= 0.6 is 23.2 Å². The van der Waals surface area contributed by atoms with Crippen LogP contribution in [-0.2, 0) is 21.9 Å². The lowest BCUT2D eigenvalue weighted by Crippen LogP contribution is -2.54. The van der Waals surface area contributed by atoms with Gasteiger partial charge in [-0.15, -0.1) is 0 Å². The van der Waals surface area contributed by atoms with Crippen LogP contribution in [0.1, 0.15) is 24.3 Å². The lowest BCUT2D eigenvalue weighted by Gasteiger charge is -2.22. The highest BCUT2D eigenvalue weighted by Gasteiger charge is 2.29. The lowest BCUT2D eigenvalue weighted by atomic mass is 10.1. The largest absolute Gasteiger partial charge is 0.347 e. The summed E-state index contributed by atoms with van der Waals surface area (Å²) in [6.45, 7) is 3.33. The van der Waals surface area contributed by atoms with Crippen LogP contribution < -0.4 is 15.6 Å². The van der Waals surface area contributed by atoms with E-state index in [0.717, 1.165) is 0 Å². The first kappa shape index (κ1) is 22.2. The summed E-state index contributed by atoms with van der Waals surface area (Å²) in [6, 6.07) is 5.95. The van der Waals surface area contributed by atoms with Crippen LogP contribution in [0.3, 0.4) is 0 Å². The number of aromatic nitrogens is 1. The fraction of sp³-hybridized carbons (Fsp3) is 0.294. The summed E-state index contributed by atoms with van der Waals surface area (Å²) in [5.74, 6) is -1.64. The van der Waals surface area contributed by atoms with Crippen molar-refractivity contribution in [2.75, 3.05) is 0 Å². The van der Waals surface area contributed by atoms with E-state index in [4.69, 9.17) is 23.2 Å². The molecule has 1 aromatic heterocycles. The molecule has 0 radical (unpaired) electrons. The van der Waals surface area contributed by atoms with E-state index in [9.17, 15) is 18.0 Å². The highest BCUT2D eigenvalue weighted by molar-refractivity contribution is 7.89. The molecule has 0 spiro atoms. The van der Waals surface area contributed by atoms with Crippen LogP contribution in [0.2, 0.25) is 10.0 Å². The number of carbonyl (C=O) groups is 2. The van der Waals surface area contributed by atoms with Crippen LogP contribution in [0.4, 0.5) is 0 Å². The van der Waals surface area contributed by atoms with E-state index < -0.39 is 33.8 Å². The Morgan fingerprint density at radius 1 is 1.07 bits per heavy atom. The molecule has 2 aromatic rings. The Morgan fingerprint density at radius 2 is 1.75 bits per heavy atom. The molecule has 2 rings (SSSR count). The third-order valence-electron chi connectivity index (χ3n) is 3.91. The van der Waals surface area contributed by atoms with Crippen molar-refractivity contribution >= 4 is 45.0 Å². The third-order valence-corrected chi connectivity index (χ3v) is 6.09. The maximum Gasteiger partial charge on any atom is 0.286 e. The Labute approximate surface area is 173 Å². The Hall–Kier alpha value is -2.07. The van der Waals surface area contributed by atoms with Gasteiger partial charge >= 0.3 is 0 Å². The molecule has 1 aromatic carbocycles. The number of aryl methyl sites for hydroxylation is 1.